The van der Waals surface area contributed by atoms with Crippen molar-refractivity contribution in [2.75, 3.05) is 44.5 Å². The van der Waals surface area contributed by atoms with Crippen molar-refractivity contribution in [1.29, 1.82) is 0 Å². The second-order valence-corrected chi connectivity index (χ2v) is 4.34. The van der Waals surface area contributed by atoms with Gasteiger partial charge in [-0.1, -0.05) is 0 Å². The summed E-state index contributed by atoms with van der Waals surface area (Å²) in [5.41, 5.74) is 6.25. The zero-order valence-corrected chi connectivity index (χ0v) is 12.0. The van der Waals surface area contributed by atoms with Crippen LogP contribution in [0.25, 0.3) is 0 Å². The van der Waals surface area contributed by atoms with Crippen molar-refractivity contribution in [3.63, 3.8) is 0 Å². The fourth-order valence-electron chi connectivity index (χ4n) is 1.70. The number of methoxy groups -OCH3 is 1. The number of likely N-dealkylation sites (N-methyl/N-ethyl adjacent to an activating group) is 1. The molecule has 1 rings (SSSR count). The van der Waals surface area contributed by atoms with Gasteiger partial charge in [0.05, 0.1) is 36.8 Å². The van der Waals surface area contributed by atoms with E-state index in [1.807, 2.05) is 0 Å². The van der Waals surface area contributed by atoms with Crippen molar-refractivity contribution in [2.24, 2.45) is 0 Å². The number of aromatic nitrogens is 1. The third-order valence-corrected chi connectivity index (χ3v) is 2.65. The molecule has 0 fully saturated rings. The van der Waals surface area contributed by atoms with Gasteiger partial charge in [-0.3, -0.25) is 0 Å². The molecule has 0 aliphatic heterocycles. The minimum absolute atomic E-state index is 0.226. The van der Waals surface area contributed by atoms with E-state index in [1.54, 1.807) is 24.9 Å². The van der Waals surface area contributed by atoms with Crippen LogP contribution in [-0.4, -0.2) is 56.1 Å². The fraction of sp³-hybridized carbons (Fsp3) is 0.538. The minimum Gasteiger partial charge on any atom is -0.462 e. The van der Waals surface area contributed by atoms with E-state index < -0.39 is 12.1 Å². The largest absolute Gasteiger partial charge is 0.462 e. The van der Waals surface area contributed by atoms with Crippen LogP contribution in [0, 0.1) is 0 Å². The number of anilines is 2. The first kappa shape index (κ1) is 16.2. The first-order chi connectivity index (χ1) is 9.49. The molecule has 1 atom stereocenters. The molecule has 0 aliphatic carbocycles. The number of rotatable bonds is 7. The minimum atomic E-state index is -0.643. The molecule has 7 heteroatoms. The molecular formula is C13H21N3O4. The maximum atomic E-state index is 11.7. The van der Waals surface area contributed by atoms with Gasteiger partial charge in [-0.2, -0.15) is 0 Å². The highest BCUT2D eigenvalue weighted by Gasteiger charge is 2.15. The van der Waals surface area contributed by atoms with Crippen LogP contribution >= 0.6 is 0 Å². The summed E-state index contributed by atoms with van der Waals surface area (Å²) in [4.78, 5) is 17.6. The normalized spacial score (nSPS) is 12.0. The summed E-state index contributed by atoms with van der Waals surface area (Å²) in [6, 6.07) is 1.55. The average molecular weight is 283 g/mol. The number of hydrogen-bond donors (Lipinski definition) is 2. The van der Waals surface area contributed by atoms with E-state index in [0.717, 1.165) is 0 Å². The number of carbonyl (C=O) groups is 1. The van der Waals surface area contributed by atoms with Crippen LogP contribution in [0.4, 0.5) is 11.5 Å². The highest BCUT2D eigenvalue weighted by molar-refractivity contribution is 5.95. The number of nitrogen functional groups attached to an aromatic ring is 1. The third kappa shape index (κ3) is 4.36. The van der Waals surface area contributed by atoms with Crippen LogP contribution in [0.3, 0.4) is 0 Å². The summed E-state index contributed by atoms with van der Waals surface area (Å²) < 4.78 is 9.79. The van der Waals surface area contributed by atoms with Crippen LogP contribution in [-0.2, 0) is 9.47 Å². The van der Waals surface area contributed by atoms with Gasteiger partial charge in [-0.15, -0.1) is 0 Å². The van der Waals surface area contributed by atoms with Gasteiger partial charge >= 0.3 is 5.97 Å². The Morgan fingerprint density at radius 1 is 1.60 bits per heavy atom. The molecule has 0 radical (unpaired) electrons. The number of ether oxygens (including phenoxy) is 2. The van der Waals surface area contributed by atoms with E-state index >= 15 is 0 Å². The standard InChI is InChI=1S/C13H21N3O4/c1-4-20-13(18)10-5-12(15-6-11(10)14)16(2)7-9(17)8-19-3/h5-6,9,17H,4,7-8,14H2,1-3H3. The molecule has 0 saturated carbocycles. The molecule has 112 valence electrons. The number of esters is 1. The fourth-order valence-corrected chi connectivity index (χ4v) is 1.70. The van der Waals surface area contributed by atoms with Crippen molar-refractivity contribution < 1.29 is 19.4 Å². The Balaban J connectivity index is 2.85. The lowest BCUT2D eigenvalue weighted by Gasteiger charge is -2.22. The topological polar surface area (TPSA) is 97.9 Å². The number of aliphatic hydroxyl groups is 1. The summed E-state index contributed by atoms with van der Waals surface area (Å²) in [6.07, 6.45) is 0.760. The summed E-state index contributed by atoms with van der Waals surface area (Å²) in [7, 11) is 3.27. The van der Waals surface area contributed by atoms with Crippen molar-refractivity contribution in [2.45, 2.75) is 13.0 Å². The number of carbonyl (C=O) groups excluding carboxylic acids is 1. The molecule has 7 nitrogen and oxygen atoms in total. The van der Waals surface area contributed by atoms with Crippen LogP contribution in [0.1, 0.15) is 17.3 Å². The molecule has 3 N–H and O–H groups in total. The monoisotopic (exact) mass is 283 g/mol. The Morgan fingerprint density at radius 3 is 2.90 bits per heavy atom. The van der Waals surface area contributed by atoms with E-state index in [2.05, 4.69) is 4.98 Å². The Hall–Kier alpha value is -1.86. The molecule has 0 spiro atoms. The van der Waals surface area contributed by atoms with E-state index in [4.69, 9.17) is 15.2 Å². The van der Waals surface area contributed by atoms with E-state index in [-0.39, 0.29) is 24.5 Å². The van der Waals surface area contributed by atoms with Gasteiger partial charge in [0.15, 0.2) is 0 Å². The third-order valence-electron chi connectivity index (χ3n) is 2.65. The van der Waals surface area contributed by atoms with Crippen LogP contribution < -0.4 is 10.6 Å². The number of pyridine rings is 1. The van der Waals surface area contributed by atoms with E-state index in [0.29, 0.717) is 12.4 Å². The molecule has 0 aromatic carbocycles. The Labute approximate surface area is 118 Å². The molecular weight excluding hydrogens is 262 g/mol. The quantitative estimate of drug-likeness (QED) is 0.694. The van der Waals surface area contributed by atoms with Gasteiger partial charge in [0, 0.05) is 20.7 Å². The highest BCUT2D eigenvalue weighted by atomic mass is 16.5. The molecule has 1 heterocycles. The summed E-state index contributed by atoms with van der Waals surface area (Å²) in [5, 5.41) is 9.69. The first-order valence-electron chi connectivity index (χ1n) is 6.30. The van der Waals surface area contributed by atoms with Crippen LogP contribution in [0.5, 0.6) is 0 Å². The van der Waals surface area contributed by atoms with Gasteiger partial charge in [0.25, 0.3) is 0 Å². The average Bonchev–Trinajstić information content (AvgIpc) is 2.39. The van der Waals surface area contributed by atoms with Gasteiger partial charge < -0.3 is 25.2 Å². The lowest BCUT2D eigenvalue weighted by molar-refractivity contribution is 0.0527. The zero-order valence-electron chi connectivity index (χ0n) is 12.0. The molecule has 0 amide bonds. The Kier molecular flexibility index (Phi) is 6.20. The maximum absolute atomic E-state index is 11.7. The summed E-state index contributed by atoms with van der Waals surface area (Å²) in [6.45, 7) is 2.55. The van der Waals surface area contributed by atoms with E-state index in [1.165, 1.54) is 13.3 Å². The number of nitrogens with two attached hydrogens (primary N) is 1. The van der Waals surface area contributed by atoms with Gasteiger partial charge in [0.2, 0.25) is 0 Å². The number of aliphatic hydroxyl groups excluding tert-OH is 1. The predicted molar refractivity (Wildman–Crippen MR) is 75.8 cm³/mol. The molecule has 1 aromatic rings. The smallest absolute Gasteiger partial charge is 0.340 e. The van der Waals surface area contributed by atoms with Crippen molar-refractivity contribution in [3.8, 4) is 0 Å². The SMILES string of the molecule is CCOC(=O)c1cc(N(C)CC(O)COC)ncc1N. The van der Waals surface area contributed by atoms with Gasteiger partial charge in [-0.05, 0) is 13.0 Å². The lowest BCUT2D eigenvalue weighted by atomic mass is 10.2. The highest BCUT2D eigenvalue weighted by Crippen LogP contribution is 2.18. The van der Waals surface area contributed by atoms with Crippen molar-refractivity contribution in [3.05, 3.63) is 17.8 Å². The van der Waals surface area contributed by atoms with Crippen molar-refractivity contribution >= 4 is 17.5 Å². The molecule has 0 bridgehead atoms. The maximum Gasteiger partial charge on any atom is 0.340 e. The lowest BCUT2D eigenvalue weighted by Crippen LogP contribution is -2.32. The number of hydrogen-bond acceptors (Lipinski definition) is 7. The molecule has 0 saturated heterocycles. The predicted octanol–water partition coefficient (Wildman–Crippen LogP) is 0.284. The molecule has 1 aromatic heterocycles. The molecule has 1 unspecified atom stereocenters. The molecule has 20 heavy (non-hydrogen) atoms. The second-order valence-electron chi connectivity index (χ2n) is 4.34. The molecule has 0 aliphatic rings. The van der Waals surface area contributed by atoms with Crippen molar-refractivity contribution in [1.82, 2.24) is 4.98 Å². The van der Waals surface area contributed by atoms with Crippen LogP contribution in [0.2, 0.25) is 0 Å². The Morgan fingerprint density at radius 2 is 2.30 bits per heavy atom. The summed E-state index contributed by atoms with van der Waals surface area (Å²) in [5.74, 6) is 0.0388. The first-order valence-corrected chi connectivity index (χ1v) is 6.30. The van der Waals surface area contributed by atoms with Gasteiger partial charge in [0.1, 0.15) is 5.82 Å². The number of nitrogens with zero attached hydrogens (tertiary/aromatic N) is 2. The summed E-state index contributed by atoms with van der Waals surface area (Å²) >= 11 is 0. The van der Waals surface area contributed by atoms with Crippen LogP contribution in [0.15, 0.2) is 12.3 Å². The second kappa shape index (κ2) is 7.66. The zero-order chi connectivity index (χ0) is 15.1. The Bertz CT molecular complexity index is 453. The van der Waals surface area contributed by atoms with E-state index in [9.17, 15) is 9.90 Å². The van der Waals surface area contributed by atoms with Gasteiger partial charge in [-0.25, -0.2) is 9.78 Å².